The fourth-order valence-corrected chi connectivity index (χ4v) is 2.16. The first kappa shape index (κ1) is 10.7. The van der Waals surface area contributed by atoms with Gasteiger partial charge in [0.25, 0.3) is 0 Å². The zero-order valence-electron chi connectivity index (χ0n) is 8.75. The Labute approximate surface area is 94.7 Å². The predicted molar refractivity (Wildman–Crippen MR) is 63.1 cm³/mol. The summed E-state index contributed by atoms with van der Waals surface area (Å²) in [4.78, 5) is 12.1. The number of imidazole rings is 1. The van der Waals surface area contributed by atoms with Gasteiger partial charge in [-0.25, -0.2) is 9.97 Å². The number of hydrogen-bond acceptors (Lipinski definition) is 5. The molecule has 0 aliphatic heterocycles. The number of nitrogen functional groups attached to an aromatic ring is 1. The van der Waals surface area contributed by atoms with Crippen molar-refractivity contribution in [3.63, 3.8) is 0 Å². The maximum absolute atomic E-state index is 11.8. The highest BCUT2D eigenvalue weighted by molar-refractivity contribution is 7.85. The molecule has 1 unspecified atom stereocenters. The minimum Gasteiger partial charge on any atom is -0.368 e. The van der Waals surface area contributed by atoms with E-state index in [-0.39, 0.29) is 5.95 Å². The number of nitrogens with zero attached hydrogens (tertiary/aromatic N) is 4. The van der Waals surface area contributed by atoms with Gasteiger partial charge >= 0.3 is 0 Å². The van der Waals surface area contributed by atoms with Gasteiger partial charge in [-0.3, -0.25) is 8.78 Å². The molecule has 2 aromatic rings. The second-order valence-corrected chi connectivity index (χ2v) is 4.68. The summed E-state index contributed by atoms with van der Waals surface area (Å²) in [5, 5.41) is 0.380. The summed E-state index contributed by atoms with van der Waals surface area (Å²) in [5.41, 5.74) is 6.60. The monoisotopic (exact) mass is 237 g/mol. The van der Waals surface area contributed by atoms with E-state index in [4.69, 9.17) is 5.73 Å². The second kappa shape index (κ2) is 4.01. The Morgan fingerprint density at radius 1 is 1.62 bits per heavy atom. The maximum Gasteiger partial charge on any atom is 0.223 e. The molecule has 7 heteroatoms. The van der Waals surface area contributed by atoms with Crippen LogP contribution in [0, 0.1) is 0 Å². The second-order valence-electron chi connectivity index (χ2n) is 3.03. The Hall–Kier alpha value is -1.76. The maximum atomic E-state index is 11.8. The summed E-state index contributed by atoms with van der Waals surface area (Å²) in [7, 11) is -1.21. The molecule has 0 radical (unpaired) electrons. The van der Waals surface area contributed by atoms with Crippen molar-refractivity contribution >= 4 is 34.1 Å². The van der Waals surface area contributed by atoms with E-state index in [9.17, 15) is 4.21 Å². The zero-order chi connectivity index (χ0) is 11.7. The van der Waals surface area contributed by atoms with Gasteiger partial charge in [0.15, 0.2) is 10.7 Å². The average Bonchev–Trinajstić information content (AvgIpc) is 2.69. The molecule has 2 aromatic heterocycles. The lowest BCUT2D eigenvalue weighted by molar-refractivity contribution is 0.681. The lowest BCUT2D eigenvalue weighted by atomic mass is 10.5. The Bertz CT molecular complexity index is 577. The van der Waals surface area contributed by atoms with Crippen molar-refractivity contribution < 1.29 is 4.21 Å². The zero-order valence-corrected chi connectivity index (χ0v) is 9.57. The van der Waals surface area contributed by atoms with Gasteiger partial charge in [-0.1, -0.05) is 13.5 Å². The van der Waals surface area contributed by atoms with Crippen LogP contribution in [0.25, 0.3) is 17.4 Å². The van der Waals surface area contributed by atoms with Gasteiger partial charge in [0, 0.05) is 12.0 Å². The highest BCUT2D eigenvalue weighted by Crippen LogP contribution is 2.18. The van der Waals surface area contributed by atoms with Crippen molar-refractivity contribution in [2.45, 2.75) is 11.9 Å². The highest BCUT2D eigenvalue weighted by Gasteiger charge is 2.15. The van der Waals surface area contributed by atoms with Gasteiger partial charge in [-0.15, -0.1) is 0 Å². The summed E-state index contributed by atoms with van der Waals surface area (Å²) < 4.78 is 13.4. The van der Waals surface area contributed by atoms with Gasteiger partial charge in [0.05, 0.1) is 10.8 Å². The normalized spacial score (nSPS) is 12.8. The Kier molecular flexibility index (Phi) is 2.69. The van der Waals surface area contributed by atoms with Crippen LogP contribution in [0.4, 0.5) is 5.95 Å². The third-order valence-electron chi connectivity index (χ3n) is 2.08. The summed E-state index contributed by atoms with van der Waals surface area (Å²) in [6.07, 6.45) is 3.10. The molecule has 0 spiro atoms. The van der Waals surface area contributed by atoms with Crippen molar-refractivity contribution in [2.75, 3.05) is 11.5 Å². The van der Waals surface area contributed by atoms with Crippen molar-refractivity contribution in [3.8, 4) is 0 Å². The van der Waals surface area contributed by atoms with Crippen LogP contribution in [-0.4, -0.2) is 29.5 Å². The molecule has 0 bridgehead atoms. The van der Waals surface area contributed by atoms with Crippen LogP contribution in [0.3, 0.4) is 0 Å². The predicted octanol–water partition coefficient (Wildman–Crippen LogP) is 0.636. The minimum absolute atomic E-state index is 0.0906. The molecule has 2 N–H and O–H groups in total. The van der Waals surface area contributed by atoms with Crippen molar-refractivity contribution in [3.05, 3.63) is 12.9 Å². The Morgan fingerprint density at radius 3 is 3.00 bits per heavy atom. The molecule has 0 saturated carbocycles. The molecular formula is C9H11N5OS. The van der Waals surface area contributed by atoms with Gasteiger partial charge in [-0.2, -0.15) is 4.98 Å². The number of aromatic nitrogens is 4. The SMILES string of the molecule is C=Cn1cnc2c(S(=O)CC)nc(N)nc21. The standard InChI is InChI=1S/C9H11N5OS/c1-3-14-5-11-6-7(14)12-9(10)13-8(6)16(15)4-2/h3,5H,1,4H2,2H3,(H2,10,12,13). The largest absolute Gasteiger partial charge is 0.368 e. The van der Waals surface area contributed by atoms with Crippen LogP contribution in [0.5, 0.6) is 0 Å². The fraction of sp³-hybridized carbons (Fsp3) is 0.222. The third kappa shape index (κ3) is 1.58. The minimum atomic E-state index is -1.21. The van der Waals surface area contributed by atoms with Crippen LogP contribution >= 0.6 is 0 Å². The number of anilines is 1. The van der Waals surface area contributed by atoms with Crippen molar-refractivity contribution in [2.24, 2.45) is 0 Å². The van der Waals surface area contributed by atoms with Crippen LogP contribution in [-0.2, 0) is 10.8 Å². The van der Waals surface area contributed by atoms with Crippen LogP contribution in [0.15, 0.2) is 17.9 Å². The molecule has 0 fully saturated rings. The van der Waals surface area contributed by atoms with E-state index in [1.54, 1.807) is 17.1 Å². The molecule has 6 nitrogen and oxygen atoms in total. The van der Waals surface area contributed by atoms with Crippen molar-refractivity contribution in [1.29, 1.82) is 0 Å². The van der Waals surface area contributed by atoms with E-state index in [0.29, 0.717) is 21.9 Å². The number of nitrogens with two attached hydrogens (primary N) is 1. The number of rotatable bonds is 3. The van der Waals surface area contributed by atoms with Crippen molar-refractivity contribution in [1.82, 2.24) is 19.5 Å². The highest BCUT2D eigenvalue weighted by atomic mass is 32.2. The topological polar surface area (TPSA) is 86.7 Å². The first-order chi connectivity index (χ1) is 7.67. The molecule has 0 aliphatic rings. The third-order valence-corrected chi connectivity index (χ3v) is 3.32. The lowest BCUT2D eigenvalue weighted by Crippen LogP contribution is -2.04. The van der Waals surface area contributed by atoms with Crippen LogP contribution in [0.2, 0.25) is 0 Å². The Morgan fingerprint density at radius 2 is 2.38 bits per heavy atom. The molecule has 2 heterocycles. The Balaban J connectivity index is 2.79. The molecule has 0 amide bonds. The molecule has 84 valence electrons. The smallest absolute Gasteiger partial charge is 0.223 e. The summed E-state index contributed by atoms with van der Waals surface area (Å²) in [5.74, 6) is 0.555. The van der Waals surface area contributed by atoms with Gasteiger partial charge in [0.1, 0.15) is 11.8 Å². The van der Waals surface area contributed by atoms with Crippen LogP contribution < -0.4 is 5.73 Å². The number of fused-ring (bicyclic) bond motifs is 1. The average molecular weight is 237 g/mol. The summed E-state index contributed by atoms with van der Waals surface area (Å²) >= 11 is 0. The quantitative estimate of drug-likeness (QED) is 0.791. The number of hydrogen-bond donors (Lipinski definition) is 1. The lowest BCUT2D eigenvalue weighted by Gasteiger charge is -2.01. The van der Waals surface area contributed by atoms with E-state index in [1.807, 2.05) is 6.92 Å². The van der Waals surface area contributed by atoms with Gasteiger partial charge in [-0.05, 0) is 0 Å². The molecular weight excluding hydrogens is 226 g/mol. The molecule has 0 saturated heterocycles. The fourth-order valence-electron chi connectivity index (χ4n) is 1.34. The molecule has 0 aliphatic carbocycles. The first-order valence-corrected chi connectivity index (χ1v) is 6.00. The summed E-state index contributed by atoms with van der Waals surface area (Å²) in [6, 6.07) is 0. The molecule has 2 rings (SSSR count). The molecule has 1 atom stereocenters. The van der Waals surface area contributed by atoms with E-state index < -0.39 is 10.8 Å². The molecule has 0 aromatic carbocycles. The van der Waals surface area contributed by atoms with E-state index in [2.05, 4.69) is 21.5 Å². The van der Waals surface area contributed by atoms with E-state index in [0.717, 1.165) is 0 Å². The molecule has 16 heavy (non-hydrogen) atoms. The van der Waals surface area contributed by atoms with Gasteiger partial charge in [0.2, 0.25) is 5.95 Å². The van der Waals surface area contributed by atoms with E-state index >= 15 is 0 Å². The van der Waals surface area contributed by atoms with Gasteiger partial charge < -0.3 is 5.73 Å². The van der Waals surface area contributed by atoms with Crippen LogP contribution in [0.1, 0.15) is 6.92 Å². The first-order valence-electron chi connectivity index (χ1n) is 4.68. The van der Waals surface area contributed by atoms with E-state index in [1.165, 1.54) is 0 Å². The summed E-state index contributed by atoms with van der Waals surface area (Å²) in [6.45, 7) is 5.43.